The number of methoxy groups -OCH3 is 1. The standard InChI is InChI=1S/C21H25NO4/c1-14(19(23)22-17-8-6-7-9-18(17)25-5)26-20(24)15-10-12-16(13-11-15)21(2,3)4/h6-14H,1-5H3,(H,22,23). The van der Waals surface area contributed by atoms with Crippen molar-refractivity contribution in [3.8, 4) is 5.75 Å². The maximum Gasteiger partial charge on any atom is 0.338 e. The first-order valence-corrected chi connectivity index (χ1v) is 8.48. The Hall–Kier alpha value is -2.82. The molecule has 26 heavy (non-hydrogen) atoms. The molecule has 1 unspecified atom stereocenters. The van der Waals surface area contributed by atoms with Crippen molar-refractivity contribution in [2.24, 2.45) is 0 Å². The third-order valence-corrected chi connectivity index (χ3v) is 4.00. The molecule has 2 aromatic carbocycles. The molecule has 0 fully saturated rings. The van der Waals surface area contributed by atoms with Gasteiger partial charge in [0.05, 0.1) is 18.4 Å². The van der Waals surface area contributed by atoms with Crippen LogP contribution in [0.5, 0.6) is 5.75 Å². The van der Waals surface area contributed by atoms with Crippen molar-refractivity contribution >= 4 is 17.6 Å². The number of esters is 1. The largest absolute Gasteiger partial charge is 0.495 e. The number of para-hydroxylation sites is 2. The molecule has 1 N–H and O–H groups in total. The molecule has 5 nitrogen and oxygen atoms in total. The molecule has 0 bridgehead atoms. The molecule has 5 heteroatoms. The van der Waals surface area contributed by atoms with E-state index in [-0.39, 0.29) is 5.41 Å². The van der Waals surface area contributed by atoms with E-state index >= 15 is 0 Å². The highest BCUT2D eigenvalue weighted by Crippen LogP contribution is 2.24. The van der Waals surface area contributed by atoms with Gasteiger partial charge in [-0.3, -0.25) is 4.79 Å². The summed E-state index contributed by atoms with van der Waals surface area (Å²) in [6.45, 7) is 7.84. The highest BCUT2D eigenvalue weighted by atomic mass is 16.5. The maximum atomic E-state index is 12.3. The molecule has 0 aliphatic heterocycles. The highest BCUT2D eigenvalue weighted by molar-refractivity contribution is 5.98. The van der Waals surface area contributed by atoms with Gasteiger partial charge in [0, 0.05) is 0 Å². The number of nitrogens with one attached hydrogen (secondary N) is 1. The number of ether oxygens (including phenoxy) is 2. The Balaban J connectivity index is 2.01. The highest BCUT2D eigenvalue weighted by Gasteiger charge is 2.21. The summed E-state index contributed by atoms with van der Waals surface area (Å²) in [7, 11) is 1.52. The number of benzene rings is 2. The molecule has 138 valence electrons. The zero-order chi connectivity index (χ0) is 19.3. The second-order valence-electron chi connectivity index (χ2n) is 7.06. The minimum absolute atomic E-state index is 0.00432. The van der Waals surface area contributed by atoms with Crippen molar-refractivity contribution in [2.75, 3.05) is 12.4 Å². The molecule has 0 heterocycles. The van der Waals surface area contributed by atoms with Gasteiger partial charge in [-0.1, -0.05) is 45.0 Å². The van der Waals surface area contributed by atoms with Gasteiger partial charge < -0.3 is 14.8 Å². The zero-order valence-electron chi connectivity index (χ0n) is 15.8. The average molecular weight is 355 g/mol. The van der Waals surface area contributed by atoms with Gasteiger partial charge in [0.1, 0.15) is 5.75 Å². The Morgan fingerprint density at radius 2 is 1.62 bits per heavy atom. The van der Waals surface area contributed by atoms with Crippen molar-refractivity contribution in [3.63, 3.8) is 0 Å². The van der Waals surface area contributed by atoms with E-state index in [0.29, 0.717) is 17.0 Å². The van der Waals surface area contributed by atoms with Crippen molar-refractivity contribution in [2.45, 2.75) is 39.2 Å². The number of hydrogen-bond donors (Lipinski definition) is 1. The number of hydrogen-bond acceptors (Lipinski definition) is 4. The molecule has 2 aromatic rings. The van der Waals surface area contributed by atoms with E-state index in [1.807, 2.05) is 12.1 Å². The predicted molar refractivity (Wildman–Crippen MR) is 102 cm³/mol. The Labute approximate surface area is 154 Å². The van der Waals surface area contributed by atoms with E-state index in [4.69, 9.17) is 9.47 Å². The monoisotopic (exact) mass is 355 g/mol. The van der Waals surface area contributed by atoms with Gasteiger partial charge in [0.2, 0.25) is 0 Å². The first kappa shape index (κ1) is 19.5. The number of carbonyl (C=O) groups excluding carboxylic acids is 2. The second-order valence-corrected chi connectivity index (χ2v) is 7.06. The van der Waals surface area contributed by atoms with Gasteiger partial charge in [-0.2, -0.15) is 0 Å². The summed E-state index contributed by atoms with van der Waals surface area (Å²) in [5.74, 6) is -0.417. The van der Waals surface area contributed by atoms with Crippen molar-refractivity contribution < 1.29 is 19.1 Å². The number of anilines is 1. The molecule has 0 aromatic heterocycles. The average Bonchev–Trinajstić information content (AvgIpc) is 2.61. The predicted octanol–water partition coefficient (Wildman–Crippen LogP) is 4.18. The molecule has 0 aliphatic rings. The summed E-state index contributed by atoms with van der Waals surface area (Å²) < 4.78 is 10.5. The van der Waals surface area contributed by atoms with E-state index < -0.39 is 18.0 Å². The summed E-state index contributed by atoms with van der Waals surface area (Å²) in [5, 5.41) is 2.71. The minimum Gasteiger partial charge on any atom is -0.495 e. The fourth-order valence-electron chi connectivity index (χ4n) is 2.37. The lowest BCUT2D eigenvalue weighted by molar-refractivity contribution is -0.123. The number of amides is 1. The summed E-state index contributed by atoms with van der Waals surface area (Å²) in [4.78, 5) is 24.6. The van der Waals surface area contributed by atoms with Crippen LogP contribution in [0.15, 0.2) is 48.5 Å². The van der Waals surface area contributed by atoms with Crippen LogP contribution in [0.1, 0.15) is 43.6 Å². The van der Waals surface area contributed by atoms with Crippen LogP contribution >= 0.6 is 0 Å². The first-order valence-electron chi connectivity index (χ1n) is 8.48. The van der Waals surface area contributed by atoms with Crippen LogP contribution < -0.4 is 10.1 Å². The van der Waals surface area contributed by atoms with Crippen LogP contribution in [0.3, 0.4) is 0 Å². The normalized spacial score (nSPS) is 12.2. The smallest absolute Gasteiger partial charge is 0.338 e. The third-order valence-electron chi connectivity index (χ3n) is 4.00. The quantitative estimate of drug-likeness (QED) is 0.817. The van der Waals surface area contributed by atoms with Gasteiger partial charge in [0.15, 0.2) is 6.10 Å². The molecule has 0 spiro atoms. The van der Waals surface area contributed by atoms with Crippen LogP contribution in [-0.2, 0) is 14.9 Å². The van der Waals surface area contributed by atoms with E-state index in [0.717, 1.165) is 5.56 Å². The summed E-state index contributed by atoms with van der Waals surface area (Å²) in [6, 6.07) is 14.3. The van der Waals surface area contributed by atoms with Crippen molar-refractivity contribution in [3.05, 3.63) is 59.7 Å². The minimum atomic E-state index is -0.935. The molecular formula is C21H25NO4. The van der Waals surface area contributed by atoms with Crippen molar-refractivity contribution in [1.82, 2.24) is 0 Å². The van der Waals surface area contributed by atoms with Gasteiger partial charge in [-0.15, -0.1) is 0 Å². The lowest BCUT2D eigenvalue weighted by Crippen LogP contribution is -2.30. The summed E-state index contributed by atoms with van der Waals surface area (Å²) >= 11 is 0. The van der Waals surface area contributed by atoms with E-state index in [1.165, 1.54) is 14.0 Å². The second kappa shape index (κ2) is 8.04. The van der Waals surface area contributed by atoms with Crippen LogP contribution in [0.25, 0.3) is 0 Å². The Kier molecular flexibility index (Phi) is 6.03. The first-order chi connectivity index (χ1) is 12.2. The molecule has 0 radical (unpaired) electrons. The van der Waals surface area contributed by atoms with E-state index in [1.54, 1.807) is 36.4 Å². The zero-order valence-corrected chi connectivity index (χ0v) is 15.8. The molecule has 1 amide bonds. The van der Waals surface area contributed by atoms with Gasteiger partial charge in [-0.05, 0) is 42.2 Å². The van der Waals surface area contributed by atoms with Gasteiger partial charge >= 0.3 is 5.97 Å². The molecule has 0 saturated carbocycles. The molecule has 0 aliphatic carbocycles. The number of rotatable bonds is 5. The van der Waals surface area contributed by atoms with Crippen molar-refractivity contribution in [1.29, 1.82) is 0 Å². The molecule has 0 saturated heterocycles. The molecule has 2 rings (SSSR count). The topological polar surface area (TPSA) is 64.6 Å². The fraction of sp³-hybridized carbons (Fsp3) is 0.333. The Bertz CT molecular complexity index is 775. The fourth-order valence-corrected chi connectivity index (χ4v) is 2.37. The van der Waals surface area contributed by atoms with E-state index in [9.17, 15) is 9.59 Å². The van der Waals surface area contributed by atoms with Crippen LogP contribution in [-0.4, -0.2) is 25.1 Å². The van der Waals surface area contributed by atoms with Crippen LogP contribution in [0, 0.1) is 0 Å². The molecular weight excluding hydrogens is 330 g/mol. The van der Waals surface area contributed by atoms with E-state index in [2.05, 4.69) is 26.1 Å². The maximum absolute atomic E-state index is 12.3. The lowest BCUT2D eigenvalue weighted by atomic mass is 9.87. The Morgan fingerprint density at radius 3 is 2.19 bits per heavy atom. The van der Waals surface area contributed by atoms with Gasteiger partial charge in [0.25, 0.3) is 5.91 Å². The third kappa shape index (κ3) is 4.85. The number of carbonyl (C=O) groups is 2. The molecule has 1 atom stereocenters. The summed E-state index contributed by atoms with van der Waals surface area (Å²) in [5.41, 5.74) is 2.06. The van der Waals surface area contributed by atoms with Gasteiger partial charge in [-0.25, -0.2) is 4.79 Å². The Morgan fingerprint density at radius 1 is 1.00 bits per heavy atom. The summed E-state index contributed by atoms with van der Waals surface area (Å²) in [6.07, 6.45) is -0.935. The SMILES string of the molecule is COc1ccccc1NC(=O)C(C)OC(=O)c1ccc(C(C)(C)C)cc1. The lowest BCUT2D eigenvalue weighted by Gasteiger charge is -2.19. The van der Waals surface area contributed by atoms with Crippen LogP contribution in [0.2, 0.25) is 0 Å². The van der Waals surface area contributed by atoms with Crippen LogP contribution in [0.4, 0.5) is 5.69 Å².